The maximum absolute atomic E-state index is 12.7. The summed E-state index contributed by atoms with van der Waals surface area (Å²) >= 11 is 1.33. The number of alkyl halides is 3. The molecule has 0 bridgehead atoms. The quantitative estimate of drug-likeness (QED) is 0.329. The summed E-state index contributed by atoms with van der Waals surface area (Å²) in [5.41, 5.74) is -1.83. The second-order valence-corrected chi connectivity index (χ2v) is 7.68. The van der Waals surface area contributed by atoms with Crippen LogP contribution in [0.15, 0.2) is 23.0 Å². The summed E-state index contributed by atoms with van der Waals surface area (Å²) in [5, 5.41) is 13.9. The van der Waals surface area contributed by atoms with Crippen LogP contribution < -0.4 is 10.9 Å². The maximum Gasteiger partial charge on any atom is 0.416 e. The molecular formula is C18H15F3N4O5S. The van der Waals surface area contributed by atoms with Crippen LogP contribution >= 0.6 is 11.3 Å². The number of aromatic nitrogens is 2. The first-order valence-corrected chi connectivity index (χ1v) is 9.53. The molecule has 2 N–H and O–H groups in total. The highest BCUT2D eigenvalue weighted by molar-refractivity contribution is 7.18. The van der Waals surface area contributed by atoms with E-state index in [1.165, 1.54) is 11.3 Å². The van der Waals surface area contributed by atoms with Gasteiger partial charge in [-0.1, -0.05) is 0 Å². The van der Waals surface area contributed by atoms with Crippen molar-refractivity contribution < 1.29 is 27.6 Å². The van der Waals surface area contributed by atoms with Gasteiger partial charge in [-0.25, -0.2) is 4.98 Å². The van der Waals surface area contributed by atoms with E-state index in [9.17, 15) is 32.9 Å². The van der Waals surface area contributed by atoms with Crippen molar-refractivity contribution in [1.82, 2.24) is 9.97 Å². The monoisotopic (exact) mass is 456 g/mol. The van der Waals surface area contributed by atoms with E-state index < -0.39 is 34.9 Å². The Balaban J connectivity index is 1.66. The first-order chi connectivity index (χ1) is 14.5. The zero-order valence-corrected chi connectivity index (χ0v) is 16.9. The molecule has 1 aromatic carbocycles. The molecule has 0 amide bonds. The number of fused-ring (bicyclic) bond motifs is 1. The number of ether oxygens (including phenoxy) is 1. The number of esters is 1. The SMILES string of the molecule is Cc1sc2nc(COC(=O)CNc3ccc(C(F)(F)F)cc3[N+](=O)[O-])[nH]c(=O)c2c1C. The van der Waals surface area contributed by atoms with Crippen molar-refractivity contribution in [3.05, 3.63) is 60.5 Å². The number of nitrogens with one attached hydrogen (secondary N) is 2. The van der Waals surface area contributed by atoms with Gasteiger partial charge in [0, 0.05) is 10.9 Å². The number of rotatable bonds is 6. The van der Waals surface area contributed by atoms with Gasteiger partial charge in [-0.15, -0.1) is 11.3 Å². The van der Waals surface area contributed by atoms with Gasteiger partial charge in [0.2, 0.25) is 0 Å². The number of nitro groups is 1. The van der Waals surface area contributed by atoms with Gasteiger partial charge in [0.05, 0.1) is 15.9 Å². The van der Waals surface area contributed by atoms with Crippen molar-refractivity contribution >= 4 is 38.9 Å². The Hall–Kier alpha value is -3.48. The van der Waals surface area contributed by atoms with Gasteiger partial charge in [0.25, 0.3) is 11.2 Å². The Morgan fingerprint density at radius 3 is 2.71 bits per heavy atom. The summed E-state index contributed by atoms with van der Waals surface area (Å²) in [4.78, 5) is 42.4. The molecule has 0 radical (unpaired) electrons. The van der Waals surface area contributed by atoms with Crippen molar-refractivity contribution in [2.75, 3.05) is 11.9 Å². The minimum atomic E-state index is -4.74. The molecule has 3 rings (SSSR count). The summed E-state index contributed by atoms with van der Waals surface area (Å²) in [6.45, 7) is 2.76. The number of hydrogen-bond donors (Lipinski definition) is 2. The Morgan fingerprint density at radius 2 is 2.06 bits per heavy atom. The largest absolute Gasteiger partial charge is 0.456 e. The van der Waals surface area contributed by atoms with E-state index >= 15 is 0 Å². The van der Waals surface area contributed by atoms with Gasteiger partial charge in [-0.05, 0) is 31.5 Å². The molecule has 0 unspecified atom stereocenters. The van der Waals surface area contributed by atoms with Crippen molar-refractivity contribution in [3.63, 3.8) is 0 Å². The van der Waals surface area contributed by atoms with Crippen LogP contribution in [0, 0.1) is 24.0 Å². The molecule has 0 saturated carbocycles. The first kappa shape index (κ1) is 22.2. The summed E-state index contributed by atoms with van der Waals surface area (Å²) in [6, 6.07) is 1.90. The predicted octanol–water partition coefficient (Wildman–Crippen LogP) is 3.68. The van der Waals surface area contributed by atoms with Crippen LogP contribution in [-0.4, -0.2) is 27.4 Å². The van der Waals surface area contributed by atoms with Gasteiger partial charge in [0.1, 0.15) is 29.5 Å². The Kier molecular flexibility index (Phi) is 5.97. The molecule has 3 aromatic rings. The lowest BCUT2D eigenvalue weighted by Gasteiger charge is -2.10. The van der Waals surface area contributed by atoms with Crippen LogP contribution in [0.1, 0.15) is 21.8 Å². The third kappa shape index (κ3) is 4.82. The summed E-state index contributed by atoms with van der Waals surface area (Å²) in [5.74, 6) is -0.733. The summed E-state index contributed by atoms with van der Waals surface area (Å²) in [7, 11) is 0. The Labute approximate surface area is 176 Å². The molecule has 13 heteroatoms. The van der Waals surface area contributed by atoms with E-state index in [0.29, 0.717) is 22.3 Å². The van der Waals surface area contributed by atoms with Crippen molar-refractivity contribution in [2.45, 2.75) is 26.6 Å². The molecule has 0 fully saturated rings. The third-order valence-electron chi connectivity index (χ3n) is 4.40. The van der Waals surface area contributed by atoms with E-state index in [4.69, 9.17) is 4.74 Å². The van der Waals surface area contributed by atoms with Gasteiger partial charge < -0.3 is 15.0 Å². The number of halogens is 3. The number of carbonyl (C=O) groups is 1. The highest BCUT2D eigenvalue weighted by Crippen LogP contribution is 2.34. The molecule has 0 aliphatic rings. The minimum absolute atomic E-state index is 0.118. The number of aryl methyl sites for hydroxylation is 2. The van der Waals surface area contributed by atoms with Crippen LogP contribution in [0.5, 0.6) is 0 Å². The molecule has 31 heavy (non-hydrogen) atoms. The third-order valence-corrected chi connectivity index (χ3v) is 5.50. The van der Waals surface area contributed by atoms with Crippen LogP contribution in [0.3, 0.4) is 0 Å². The molecular weight excluding hydrogens is 441 g/mol. The van der Waals surface area contributed by atoms with Crippen molar-refractivity contribution in [2.24, 2.45) is 0 Å². The molecule has 164 valence electrons. The van der Waals surface area contributed by atoms with Gasteiger partial charge in [-0.3, -0.25) is 19.7 Å². The van der Waals surface area contributed by atoms with Gasteiger partial charge in [0.15, 0.2) is 0 Å². The lowest BCUT2D eigenvalue weighted by molar-refractivity contribution is -0.384. The van der Waals surface area contributed by atoms with Crippen molar-refractivity contribution in [3.8, 4) is 0 Å². The molecule has 0 aliphatic carbocycles. The number of nitro benzene ring substituents is 1. The number of H-pyrrole nitrogens is 1. The fourth-order valence-electron chi connectivity index (χ4n) is 2.74. The average Bonchev–Trinajstić information content (AvgIpc) is 2.97. The van der Waals surface area contributed by atoms with Gasteiger partial charge >= 0.3 is 12.1 Å². The van der Waals surface area contributed by atoms with Crippen LogP contribution in [0.4, 0.5) is 24.5 Å². The first-order valence-electron chi connectivity index (χ1n) is 8.71. The molecule has 0 spiro atoms. The van der Waals surface area contributed by atoms with Gasteiger partial charge in [-0.2, -0.15) is 13.2 Å². The minimum Gasteiger partial charge on any atom is -0.456 e. The fourth-order valence-corrected chi connectivity index (χ4v) is 3.79. The average molecular weight is 456 g/mol. The number of thiophene rings is 1. The van der Waals surface area contributed by atoms with E-state index in [0.717, 1.165) is 16.5 Å². The van der Waals surface area contributed by atoms with E-state index in [1.807, 2.05) is 6.92 Å². The smallest absolute Gasteiger partial charge is 0.416 e. The number of aromatic amines is 1. The predicted molar refractivity (Wildman–Crippen MR) is 106 cm³/mol. The standard InChI is InChI=1S/C18H15F3N4O5S/c1-8-9(2)31-17-15(8)16(27)23-13(24-17)7-30-14(26)6-22-11-4-3-10(18(19,20)21)5-12(11)25(28)29/h3-5,22H,6-7H2,1-2H3,(H,23,24,27). The number of benzene rings is 1. The zero-order valence-electron chi connectivity index (χ0n) is 16.1. The molecule has 9 nitrogen and oxygen atoms in total. The lowest BCUT2D eigenvalue weighted by atomic mass is 10.1. The topological polar surface area (TPSA) is 127 Å². The zero-order chi connectivity index (χ0) is 22.9. The second kappa shape index (κ2) is 8.34. The van der Waals surface area contributed by atoms with Crippen LogP contribution in [0.2, 0.25) is 0 Å². The summed E-state index contributed by atoms with van der Waals surface area (Å²) in [6.07, 6.45) is -4.74. The molecule has 0 aliphatic heterocycles. The highest BCUT2D eigenvalue weighted by Gasteiger charge is 2.33. The highest BCUT2D eigenvalue weighted by atomic mass is 32.1. The number of carbonyl (C=O) groups excluding carboxylic acids is 1. The Morgan fingerprint density at radius 1 is 1.35 bits per heavy atom. The lowest BCUT2D eigenvalue weighted by Crippen LogP contribution is -2.19. The number of nitrogens with zero attached hydrogens (tertiary/aromatic N) is 2. The molecule has 2 aromatic heterocycles. The van der Waals surface area contributed by atoms with E-state index in [2.05, 4.69) is 15.3 Å². The number of anilines is 1. The molecule has 0 atom stereocenters. The van der Waals surface area contributed by atoms with Crippen LogP contribution in [0.25, 0.3) is 10.2 Å². The molecule has 2 heterocycles. The molecule has 0 saturated heterocycles. The summed E-state index contributed by atoms with van der Waals surface area (Å²) < 4.78 is 43.2. The maximum atomic E-state index is 12.7. The van der Waals surface area contributed by atoms with Crippen LogP contribution in [-0.2, 0) is 22.3 Å². The second-order valence-electron chi connectivity index (χ2n) is 6.48. The number of hydrogen-bond acceptors (Lipinski definition) is 8. The fraction of sp³-hybridized carbons (Fsp3) is 0.278. The van der Waals surface area contributed by atoms with E-state index in [-0.39, 0.29) is 23.7 Å². The van der Waals surface area contributed by atoms with E-state index in [1.54, 1.807) is 6.92 Å². The normalized spacial score (nSPS) is 11.5. The Bertz CT molecular complexity index is 1240. The van der Waals surface area contributed by atoms with Crippen molar-refractivity contribution in [1.29, 1.82) is 0 Å².